The number of para-hydroxylation sites is 1. The maximum Gasteiger partial charge on any atom is 0.449 e. The maximum absolute atomic E-state index is 14.1. The molecule has 1 atom stereocenters. The summed E-state index contributed by atoms with van der Waals surface area (Å²) in [5.74, 6) is -7.21. The molecule has 0 saturated carbocycles. The first kappa shape index (κ1) is 35.7. The molecule has 1 fully saturated rings. The second-order valence-electron chi connectivity index (χ2n) is 11.9. The fourth-order valence-electron chi connectivity index (χ4n) is 5.94. The SMILES string of the molecule is N[C@@H](CC(=O)N1CCn2c(C(F)(F)F)nc(C(=O)OC3CCN(CCNC(=O)c4ccccc4O)CC3)c2C1)Cc1cc(F)c(F)cc1F. The van der Waals surface area contributed by atoms with E-state index in [1.807, 2.05) is 4.90 Å². The highest BCUT2D eigenvalue weighted by Crippen LogP contribution is 2.33. The van der Waals surface area contributed by atoms with Crippen LogP contribution in [0.2, 0.25) is 0 Å². The first-order valence-corrected chi connectivity index (χ1v) is 15.5. The van der Waals surface area contributed by atoms with Gasteiger partial charge in [0.15, 0.2) is 17.3 Å². The monoisotopic (exact) mass is 696 g/mol. The van der Waals surface area contributed by atoms with Gasteiger partial charge in [0.1, 0.15) is 17.7 Å². The van der Waals surface area contributed by atoms with Gasteiger partial charge in [-0.1, -0.05) is 12.1 Å². The molecule has 1 saturated heterocycles. The van der Waals surface area contributed by atoms with E-state index in [9.17, 15) is 45.8 Å². The molecule has 0 aliphatic carbocycles. The number of piperidine rings is 1. The Morgan fingerprint density at radius 1 is 1.02 bits per heavy atom. The summed E-state index contributed by atoms with van der Waals surface area (Å²) in [6.07, 6.45) is -5.43. The van der Waals surface area contributed by atoms with E-state index in [-0.39, 0.29) is 48.5 Å². The molecule has 2 amide bonds. The average molecular weight is 697 g/mol. The minimum absolute atomic E-state index is 0.136. The van der Waals surface area contributed by atoms with Crippen LogP contribution in [0.15, 0.2) is 36.4 Å². The predicted octanol–water partition coefficient (Wildman–Crippen LogP) is 3.38. The third-order valence-corrected chi connectivity index (χ3v) is 8.49. The number of phenols is 1. The number of fused-ring (bicyclic) bond motifs is 1. The predicted molar refractivity (Wildman–Crippen MR) is 161 cm³/mol. The van der Waals surface area contributed by atoms with Crippen LogP contribution in [-0.2, 0) is 35.2 Å². The van der Waals surface area contributed by atoms with Crippen LogP contribution in [-0.4, -0.2) is 87.1 Å². The smallest absolute Gasteiger partial charge is 0.449 e. The second kappa shape index (κ2) is 14.9. The lowest BCUT2D eigenvalue weighted by Gasteiger charge is -2.32. The van der Waals surface area contributed by atoms with E-state index in [2.05, 4.69) is 10.3 Å². The number of imidazole rings is 1. The number of alkyl halides is 3. The fourth-order valence-corrected chi connectivity index (χ4v) is 5.94. The van der Waals surface area contributed by atoms with Crippen molar-refractivity contribution in [2.75, 3.05) is 32.7 Å². The van der Waals surface area contributed by atoms with Gasteiger partial charge < -0.3 is 35.3 Å². The lowest BCUT2D eigenvalue weighted by Crippen LogP contribution is -2.42. The average Bonchev–Trinajstić information content (AvgIpc) is 3.44. The molecule has 2 aromatic carbocycles. The van der Waals surface area contributed by atoms with Crippen LogP contribution in [0, 0.1) is 17.5 Å². The number of carbonyl (C=O) groups excluding carboxylic acids is 3. The van der Waals surface area contributed by atoms with Crippen LogP contribution < -0.4 is 11.1 Å². The zero-order chi connectivity index (χ0) is 35.5. The van der Waals surface area contributed by atoms with Gasteiger partial charge in [0.05, 0.1) is 17.8 Å². The first-order chi connectivity index (χ1) is 23.2. The third-order valence-electron chi connectivity index (χ3n) is 8.49. The molecule has 0 radical (unpaired) electrons. The third kappa shape index (κ3) is 8.51. The number of nitrogens with two attached hydrogens (primary N) is 1. The molecule has 5 rings (SSSR count). The molecule has 0 spiro atoms. The van der Waals surface area contributed by atoms with Crippen LogP contribution in [0.1, 0.15) is 57.2 Å². The number of phenolic OH excluding ortho intramolecular Hbond substituents is 1. The summed E-state index contributed by atoms with van der Waals surface area (Å²) in [6, 6.07) is 6.13. The van der Waals surface area contributed by atoms with E-state index in [0.717, 1.165) is 4.57 Å². The van der Waals surface area contributed by atoms with Gasteiger partial charge in [-0.15, -0.1) is 0 Å². The van der Waals surface area contributed by atoms with Gasteiger partial charge in [-0.05, 0) is 43.0 Å². The van der Waals surface area contributed by atoms with Crippen molar-refractivity contribution in [1.29, 1.82) is 0 Å². The molecule has 3 heterocycles. The number of amides is 2. The summed E-state index contributed by atoms with van der Waals surface area (Å²) < 4.78 is 89.0. The Kier molecular flexibility index (Phi) is 10.8. The zero-order valence-corrected chi connectivity index (χ0v) is 26.1. The highest BCUT2D eigenvalue weighted by atomic mass is 19.4. The lowest BCUT2D eigenvalue weighted by molar-refractivity contribution is -0.148. The van der Waals surface area contributed by atoms with Crippen LogP contribution >= 0.6 is 0 Å². The van der Waals surface area contributed by atoms with Crippen molar-refractivity contribution >= 4 is 17.8 Å². The van der Waals surface area contributed by atoms with E-state index >= 15 is 0 Å². The number of carbonyl (C=O) groups is 3. The van der Waals surface area contributed by atoms with Gasteiger partial charge in [0, 0.05) is 57.8 Å². The number of aromatic hydroxyl groups is 1. The summed E-state index contributed by atoms with van der Waals surface area (Å²) >= 11 is 0. The number of nitrogens with zero attached hydrogens (tertiary/aromatic N) is 4. The first-order valence-electron chi connectivity index (χ1n) is 15.5. The number of halogens is 6. The van der Waals surface area contributed by atoms with Gasteiger partial charge >= 0.3 is 12.1 Å². The molecule has 17 heteroatoms. The highest BCUT2D eigenvalue weighted by Gasteiger charge is 2.42. The van der Waals surface area contributed by atoms with E-state index in [0.29, 0.717) is 51.2 Å². The summed E-state index contributed by atoms with van der Waals surface area (Å²) in [7, 11) is 0. The molecule has 11 nitrogen and oxygen atoms in total. The van der Waals surface area contributed by atoms with Gasteiger partial charge in [-0.3, -0.25) is 9.59 Å². The molecular formula is C32H34F6N6O5. The minimum atomic E-state index is -4.89. The van der Waals surface area contributed by atoms with Crippen LogP contribution in [0.5, 0.6) is 5.75 Å². The number of aromatic nitrogens is 2. The summed E-state index contributed by atoms with van der Waals surface area (Å²) in [5.41, 5.74) is 5.18. The van der Waals surface area contributed by atoms with Crippen LogP contribution in [0.3, 0.4) is 0 Å². The number of hydrogen-bond donors (Lipinski definition) is 3. The Labute approximate surface area is 276 Å². The Morgan fingerprint density at radius 3 is 2.41 bits per heavy atom. The van der Waals surface area contributed by atoms with Crippen molar-refractivity contribution in [2.45, 2.75) is 57.1 Å². The van der Waals surface area contributed by atoms with Crippen molar-refractivity contribution in [3.8, 4) is 5.75 Å². The highest BCUT2D eigenvalue weighted by molar-refractivity contribution is 5.96. The standard InChI is InChI=1S/C32H34F6N6O5/c33-22-16-24(35)23(34)14-18(22)13-19(39)15-27(46)43-11-12-44-25(17-43)28(41-31(44)32(36,37)38)30(48)49-20-5-8-42(9-6-20)10-7-40-29(47)21-3-1-2-4-26(21)45/h1-4,14,16,19-20,45H,5-13,15,17,39H2,(H,40,47)/t19-/m1/s1. The van der Waals surface area contributed by atoms with Gasteiger partial charge in [-0.2, -0.15) is 13.2 Å². The normalized spacial score (nSPS) is 16.3. The molecule has 2 aliphatic rings. The second-order valence-corrected chi connectivity index (χ2v) is 11.9. The number of nitrogens with one attached hydrogen (secondary N) is 1. The lowest BCUT2D eigenvalue weighted by atomic mass is 10.0. The molecule has 264 valence electrons. The Hall–Kier alpha value is -4.64. The van der Waals surface area contributed by atoms with E-state index < -0.39 is 71.6 Å². The van der Waals surface area contributed by atoms with E-state index in [4.69, 9.17) is 10.5 Å². The number of ether oxygens (including phenoxy) is 1. The summed E-state index contributed by atoms with van der Waals surface area (Å²) in [4.78, 5) is 45.4. The number of esters is 1. The van der Waals surface area contributed by atoms with Gasteiger partial charge in [0.2, 0.25) is 11.7 Å². The molecule has 2 aliphatic heterocycles. The van der Waals surface area contributed by atoms with E-state index in [1.165, 1.54) is 17.0 Å². The Balaban J connectivity index is 1.17. The van der Waals surface area contributed by atoms with Crippen molar-refractivity contribution < 1.29 is 50.6 Å². The van der Waals surface area contributed by atoms with Crippen molar-refractivity contribution in [2.24, 2.45) is 5.73 Å². The molecule has 49 heavy (non-hydrogen) atoms. The number of rotatable bonds is 10. The summed E-state index contributed by atoms with van der Waals surface area (Å²) in [5, 5.41) is 12.6. The topological polar surface area (TPSA) is 143 Å². The molecular weight excluding hydrogens is 662 g/mol. The summed E-state index contributed by atoms with van der Waals surface area (Å²) in [6.45, 7) is 0.864. The van der Waals surface area contributed by atoms with Crippen molar-refractivity contribution in [3.63, 3.8) is 0 Å². The van der Waals surface area contributed by atoms with Crippen molar-refractivity contribution in [1.82, 2.24) is 24.7 Å². The largest absolute Gasteiger partial charge is 0.507 e. The number of hydrogen-bond acceptors (Lipinski definition) is 8. The Bertz CT molecular complexity index is 1710. The fraction of sp³-hybridized carbons (Fsp3) is 0.438. The molecule has 1 aromatic heterocycles. The number of benzene rings is 2. The van der Waals surface area contributed by atoms with Gasteiger partial charge in [0.25, 0.3) is 5.91 Å². The zero-order valence-electron chi connectivity index (χ0n) is 26.1. The Morgan fingerprint density at radius 2 is 1.71 bits per heavy atom. The molecule has 3 aromatic rings. The maximum atomic E-state index is 14.1. The number of likely N-dealkylation sites (tertiary alicyclic amines) is 1. The van der Waals surface area contributed by atoms with Gasteiger partial charge in [-0.25, -0.2) is 22.9 Å². The quantitative estimate of drug-likeness (QED) is 0.167. The van der Waals surface area contributed by atoms with E-state index in [1.54, 1.807) is 12.1 Å². The minimum Gasteiger partial charge on any atom is -0.507 e. The van der Waals surface area contributed by atoms with Crippen molar-refractivity contribution in [3.05, 3.63) is 82.2 Å². The molecule has 0 unspecified atom stereocenters. The van der Waals surface area contributed by atoms with Crippen LogP contribution in [0.25, 0.3) is 0 Å². The molecule has 4 N–H and O–H groups in total. The molecule has 0 bridgehead atoms. The van der Waals surface area contributed by atoms with Crippen LogP contribution in [0.4, 0.5) is 26.3 Å².